The SMILES string of the molecule is CCNC(=O)N1C[C@H](C(=O)N2CCC[C@@H](C(=O)OCC)C2)CC[C@H]1c1ccc(F)c(C)c1. The Labute approximate surface area is 189 Å². The third-order valence-corrected chi connectivity index (χ3v) is 6.44. The molecule has 2 heterocycles. The quantitative estimate of drug-likeness (QED) is 0.702. The Morgan fingerprint density at radius 1 is 1.12 bits per heavy atom. The minimum Gasteiger partial charge on any atom is -0.466 e. The summed E-state index contributed by atoms with van der Waals surface area (Å²) in [6.07, 6.45) is 2.74. The summed E-state index contributed by atoms with van der Waals surface area (Å²) in [5, 5.41) is 2.84. The van der Waals surface area contributed by atoms with E-state index in [-0.39, 0.29) is 41.6 Å². The summed E-state index contributed by atoms with van der Waals surface area (Å²) in [4.78, 5) is 41.8. The Morgan fingerprint density at radius 3 is 2.59 bits per heavy atom. The fourth-order valence-corrected chi connectivity index (χ4v) is 4.76. The zero-order valence-corrected chi connectivity index (χ0v) is 19.2. The molecule has 2 aliphatic heterocycles. The van der Waals surface area contributed by atoms with Crippen molar-refractivity contribution >= 4 is 17.9 Å². The van der Waals surface area contributed by atoms with E-state index in [1.54, 1.807) is 35.8 Å². The number of aryl methyl sites for hydroxylation is 1. The number of nitrogens with one attached hydrogen (secondary N) is 1. The van der Waals surface area contributed by atoms with Gasteiger partial charge in [0.1, 0.15) is 5.82 Å². The lowest BCUT2D eigenvalue weighted by atomic mass is 9.87. The van der Waals surface area contributed by atoms with Crippen LogP contribution >= 0.6 is 0 Å². The van der Waals surface area contributed by atoms with E-state index in [0.717, 1.165) is 18.4 Å². The largest absolute Gasteiger partial charge is 0.466 e. The lowest BCUT2D eigenvalue weighted by Gasteiger charge is -2.42. The number of rotatable bonds is 5. The van der Waals surface area contributed by atoms with Crippen molar-refractivity contribution < 1.29 is 23.5 Å². The summed E-state index contributed by atoms with van der Waals surface area (Å²) in [6.45, 7) is 7.44. The van der Waals surface area contributed by atoms with Crippen LogP contribution in [-0.4, -0.2) is 60.5 Å². The molecule has 0 aliphatic carbocycles. The van der Waals surface area contributed by atoms with Crippen LogP contribution in [0.15, 0.2) is 18.2 Å². The number of esters is 1. The van der Waals surface area contributed by atoms with Gasteiger partial charge in [-0.1, -0.05) is 12.1 Å². The molecule has 3 rings (SSSR count). The number of ether oxygens (including phenoxy) is 1. The molecular formula is C24H34FN3O4. The summed E-state index contributed by atoms with van der Waals surface area (Å²) in [7, 11) is 0. The maximum Gasteiger partial charge on any atom is 0.317 e. The van der Waals surface area contributed by atoms with Crippen LogP contribution in [0.1, 0.15) is 56.7 Å². The standard InChI is InChI=1S/C24H34FN3O4/c1-4-26-24(31)28-15-18(9-11-21(28)17-8-10-20(25)16(3)13-17)22(29)27-12-6-7-19(14-27)23(30)32-5-2/h8,10,13,18-19,21H,4-7,9,11-12,14-15H2,1-3H3,(H,26,31)/t18-,19-,21+/m1/s1. The van der Waals surface area contributed by atoms with Crippen LogP contribution in [0.3, 0.4) is 0 Å². The van der Waals surface area contributed by atoms with E-state index < -0.39 is 0 Å². The van der Waals surface area contributed by atoms with E-state index in [9.17, 15) is 18.8 Å². The predicted octanol–water partition coefficient (Wildman–Crippen LogP) is 3.42. The zero-order chi connectivity index (χ0) is 23.3. The molecule has 0 radical (unpaired) electrons. The van der Waals surface area contributed by atoms with Gasteiger partial charge in [-0.3, -0.25) is 9.59 Å². The van der Waals surface area contributed by atoms with Gasteiger partial charge < -0.3 is 19.9 Å². The molecule has 2 fully saturated rings. The van der Waals surface area contributed by atoms with Gasteiger partial charge in [0.2, 0.25) is 5.91 Å². The number of likely N-dealkylation sites (tertiary alicyclic amines) is 2. The molecular weight excluding hydrogens is 413 g/mol. The Balaban J connectivity index is 1.74. The zero-order valence-electron chi connectivity index (χ0n) is 19.2. The van der Waals surface area contributed by atoms with E-state index in [2.05, 4.69) is 5.32 Å². The molecule has 0 saturated carbocycles. The Morgan fingerprint density at radius 2 is 1.91 bits per heavy atom. The summed E-state index contributed by atoms with van der Waals surface area (Å²) >= 11 is 0. The lowest BCUT2D eigenvalue weighted by molar-refractivity contribution is -0.152. The first kappa shape index (κ1) is 24.0. The number of nitrogens with zero attached hydrogens (tertiary/aromatic N) is 2. The van der Waals surface area contributed by atoms with Crippen LogP contribution in [0.2, 0.25) is 0 Å². The Bertz CT molecular complexity index is 847. The fraction of sp³-hybridized carbons (Fsp3) is 0.625. The molecule has 0 unspecified atom stereocenters. The van der Waals surface area contributed by atoms with Crippen molar-refractivity contribution in [1.29, 1.82) is 0 Å². The molecule has 2 saturated heterocycles. The number of carbonyl (C=O) groups excluding carboxylic acids is 3. The van der Waals surface area contributed by atoms with Crippen LogP contribution in [0.4, 0.5) is 9.18 Å². The van der Waals surface area contributed by atoms with Gasteiger partial charge in [0.25, 0.3) is 0 Å². The normalized spacial score (nSPS) is 23.6. The van der Waals surface area contributed by atoms with Crippen LogP contribution in [-0.2, 0) is 14.3 Å². The summed E-state index contributed by atoms with van der Waals surface area (Å²) < 4.78 is 18.9. The topological polar surface area (TPSA) is 79.0 Å². The molecule has 7 nitrogen and oxygen atoms in total. The van der Waals surface area contributed by atoms with Crippen LogP contribution < -0.4 is 5.32 Å². The van der Waals surface area contributed by atoms with Crippen LogP contribution in [0, 0.1) is 24.6 Å². The fourth-order valence-electron chi connectivity index (χ4n) is 4.76. The second kappa shape index (κ2) is 10.8. The Kier molecular flexibility index (Phi) is 8.10. The average Bonchev–Trinajstić information content (AvgIpc) is 2.80. The maximum absolute atomic E-state index is 13.8. The second-order valence-corrected chi connectivity index (χ2v) is 8.66. The number of benzene rings is 1. The van der Waals surface area contributed by atoms with Gasteiger partial charge in [-0.25, -0.2) is 9.18 Å². The van der Waals surface area contributed by atoms with Gasteiger partial charge in [0.15, 0.2) is 0 Å². The van der Waals surface area contributed by atoms with E-state index in [0.29, 0.717) is 51.2 Å². The molecule has 32 heavy (non-hydrogen) atoms. The van der Waals surface area contributed by atoms with Crippen molar-refractivity contribution in [3.8, 4) is 0 Å². The van der Waals surface area contributed by atoms with E-state index in [1.807, 2.05) is 6.92 Å². The highest BCUT2D eigenvalue weighted by molar-refractivity contribution is 5.82. The van der Waals surface area contributed by atoms with Crippen molar-refractivity contribution in [1.82, 2.24) is 15.1 Å². The van der Waals surface area contributed by atoms with Crippen molar-refractivity contribution in [3.63, 3.8) is 0 Å². The molecule has 3 amide bonds. The molecule has 176 valence electrons. The number of carbonyl (C=O) groups is 3. The third kappa shape index (κ3) is 5.40. The lowest BCUT2D eigenvalue weighted by Crippen LogP contribution is -2.52. The number of amides is 3. The highest BCUT2D eigenvalue weighted by atomic mass is 19.1. The van der Waals surface area contributed by atoms with Crippen molar-refractivity contribution in [2.75, 3.05) is 32.8 Å². The first-order chi connectivity index (χ1) is 15.3. The molecule has 3 atom stereocenters. The minimum atomic E-state index is -0.323. The monoisotopic (exact) mass is 447 g/mol. The van der Waals surface area contributed by atoms with Crippen LogP contribution in [0.5, 0.6) is 0 Å². The van der Waals surface area contributed by atoms with Gasteiger partial charge in [-0.2, -0.15) is 0 Å². The third-order valence-electron chi connectivity index (χ3n) is 6.44. The number of urea groups is 1. The number of hydrogen-bond acceptors (Lipinski definition) is 4. The van der Waals surface area contributed by atoms with Gasteiger partial charge in [0.05, 0.1) is 24.5 Å². The molecule has 0 spiro atoms. The van der Waals surface area contributed by atoms with E-state index in [4.69, 9.17) is 4.74 Å². The molecule has 1 N–H and O–H groups in total. The highest BCUT2D eigenvalue weighted by Gasteiger charge is 2.39. The minimum absolute atomic E-state index is 0.0120. The van der Waals surface area contributed by atoms with Crippen molar-refractivity contribution in [3.05, 3.63) is 35.1 Å². The molecule has 1 aromatic carbocycles. The van der Waals surface area contributed by atoms with Crippen molar-refractivity contribution in [2.45, 2.75) is 52.5 Å². The number of piperidine rings is 2. The number of halogens is 1. The maximum atomic E-state index is 13.8. The van der Waals surface area contributed by atoms with Crippen LogP contribution in [0.25, 0.3) is 0 Å². The second-order valence-electron chi connectivity index (χ2n) is 8.66. The first-order valence-electron chi connectivity index (χ1n) is 11.6. The molecule has 8 heteroatoms. The highest BCUT2D eigenvalue weighted by Crippen LogP contribution is 2.35. The van der Waals surface area contributed by atoms with E-state index >= 15 is 0 Å². The van der Waals surface area contributed by atoms with Gasteiger partial charge in [-0.15, -0.1) is 0 Å². The Hall–Kier alpha value is -2.64. The molecule has 1 aromatic rings. The average molecular weight is 448 g/mol. The van der Waals surface area contributed by atoms with Crippen molar-refractivity contribution in [2.24, 2.45) is 11.8 Å². The van der Waals surface area contributed by atoms with Gasteiger partial charge in [0, 0.05) is 26.2 Å². The molecule has 2 aliphatic rings. The smallest absolute Gasteiger partial charge is 0.317 e. The predicted molar refractivity (Wildman–Crippen MR) is 118 cm³/mol. The first-order valence-corrected chi connectivity index (χ1v) is 11.6. The van der Waals surface area contributed by atoms with E-state index in [1.165, 1.54) is 6.07 Å². The summed E-state index contributed by atoms with van der Waals surface area (Å²) in [5.74, 6) is -1.14. The molecule has 0 bridgehead atoms. The molecule has 0 aromatic heterocycles. The number of hydrogen-bond donors (Lipinski definition) is 1. The summed E-state index contributed by atoms with van der Waals surface area (Å²) in [5.41, 5.74) is 1.41. The van der Waals surface area contributed by atoms with Gasteiger partial charge in [-0.05, 0) is 63.6 Å². The van der Waals surface area contributed by atoms with Gasteiger partial charge >= 0.3 is 12.0 Å². The summed E-state index contributed by atoms with van der Waals surface area (Å²) in [6, 6.07) is 4.50.